The van der Waals surface area contributed by atoms with Crippen molar-refractivity contribution in [3.8, 4) is 11.5 Å². The van der Waals surface area contributed by atoms with Crippen molar-refractivity contribution in [2.45, 2.75) is 160 Å². The molecule has 7 atom stereocenters. The van der Waals surface area contributed by atoms with Gasteiger partial charge in [-0.2, -0.15) is 0 Å². The number of aromatic nitrogens is 1. The van der Waals surface area contributed by atoms with Gasteiger partial charge in [0.2, 0.25) is 29.5 Å². The minimum absolute atomic E-state index is 0.0740. The first-order valence-electron chi connectivity index (χ1n) is 31.6. The Balaban J connectivity index is 0.855. The predicted octanol–water partition coefficient (Wildman–Crippen LogP) is 6.87. The average Bonchev–Trinajstić information content (AvgIpc) is 1.75. The van der Waals surface area contributed by atoms with Crippen LogP contribution < -0.4 is 36.5 Å². The number of carbonyl (C=O) groups excluding carboxylic acids is 8. The number of hydrogen-bond donors (Lipinski definition) is 5. The lowest BCUT2D eigenvalue weighted by molar-refractivity contribution is -0.140. The number of pyridine rings is 1. The Morgan fingerprint density at radius 1 is 0.813 bits per heavy atom. The zero-order valence-electron chi connectivity index (χ0n) is 53.0. The highest BCUT2D eigenvalue weighted by molar-refractivity contribution is 6.04. The number of allylic oxidation sites excluding steroid dienone is 1. The number of aliphatic imine (C=N–C) groups is 2. The largest absolute Gasteiger partial charge is 0.493 e. The van der Waals surface area contributed by atoms with Crippen molar-refractivity contribution >= 4 is 71.6 Å². The number of amides is 8. The molecule has 0 bridgehead atoms. The molecule has 0 saturated heterocycles. The van der Waals surface area contributed by atoms with E-state index in [1.165, 1.54) is 29.2 Å². The molecule has 8 rings (SSSR count). The lowest BCUT2D eigenvalue weighted by Crippen LogP contribution is -2.54. The molecule has 23 heteroatoms. The van der Waals surface area contributed by atoms with Crippen LogP contribution in [0.3, 0.4) is 0 Å². The highest BCUT2D eigenvalue weighted by Crippen LogP contribution is 2.39. The van der Waals surface area contributed by atoms with E-state index in [1.54, 1.807) is 57.3 Å². The molecule has 0 radical (unpaired) electrons. The van der Waals surface area contributed by atoms with Gasteiger partial charge in [-0.3, -0.25) is 48.5 Å². The van der Waals surface area contributed by atoms with Crippen LogP contribution in [-0.2, 0) is 77.4 Å². The van der Waals surface area contributed by atoms with E-state index in [-0.39, 0.29) is 105 Å². The number of rotatable bonds is 32. The van der Waals surface area contributed by atoms with Crippen molar-refractivity contribution in [3.63, 3.8) is 0 Å². The number of hydrogen-bond acceptors (Lipinski definition) is 15. The summed E-state index contributed by atoms with van der Waals surface area (Å²) in [4.78, 5) is 124. The quantitative estimate of drug-likeness (QED) is 0.0190. The minimum Gasteiger partial charge on any atom is -0.493 e. The van der Waals surface area contributed by atoms with E-state index in [2.05, 4.69) is 40.3 Å². The summed E-state index contributed by atoms with van der Waals surface area (Å²) in [5.74, 6) is -1.80. The molecule has 0 aliphatic carbocycles. The van der Waals surface area contributed by atoms with Crippen LogP contribution in [-0.4, -0.2) is 157 Å². The molecule has 0 fully saturated rings. The first-order chi connectivity index (χ1) is 44.0. The van der Waals surface area contributed by atoms with Gasteiger partial charge in [-0.1, -0.05) is 70.0 Å². The first-order valence-corrected chi connectivity index (χ1v) is 31.6. The number of methoxy groups -OCH3 is 2. The third-order valence-electron chi connectivity index (χ3n) is 17.0. The monoisotopic (exact) mass is 1250 g/mol. The number of anilines is 1. The van der Waals surface area contributed by atoms with Gasteiger partial charge in [0.15, 0.2) is 11.5 Å². The van der Waals surface area contributed by atoms with Gasteiger partial charge in [-0.15, -0.1) is 0 Å². The van der Waals surface area contributed by atoms with Gasteiger partial charge in [0, 0.05) is 77.0 Å². The number of carbonyl (C=O) groups is 8. The molecule has 4 aromatic rings. The van der Waals surface area contributed by atoms with Crippen molar-refractivity contribution < 1.29 is 57.3 Å². The third-order valence-corrected chi connectivity index (χ3v) is 17.0. The average molecular weight is 1250 g/mol. The lowest BCUT2D eigenvalue weighted by atomic mass is 9.88. The standard InChI is InChI=1S/C68H87N11O12/c1-7-17-56-54(66(85)78-38-46-19-11-10-18-44(46)31-51(78)36-71-56)33-53(88-5)42-90-40-49-20-15-21-50(73-49)41-91-60-35-58-55(34-59(60)89-6)67(86)79-39-47-30-48(26-25-45(47)32-52(79)37-72-58)74-64(83)57(22-12-13-27-70-68(69)87)75-65(84)63(43(2)3)76-61(81)23-9-8-14-28-77(4)62(82)24-16-29-80/h10-11,15-16,18-21,24-26,29-30,34-37,43,51-54,56-57,63H,7-9,12-14,17,22-23,27-28,31-33,38-42H2,1-6H3,(H,74,83)(H,75,84)(H,76,81)(H3,69,70,87)/b24-16-/t51-,52?,53?,54?,56?,57-,63-/m0/s1. The first kappa shape index (κ1) is 68.1. The number of primary amides is 1. The maximum absolute atomic E-state index is 14.5. The van der Waals surface area contributed by atoms with Crippen molar-refractivity contribution in [1.82, 2.24) is 35.6 Å². The van der Waals surface area contributed by atoms with Gasteiger partial charge in [-0.25, -0.2) is 4.79 Å². The fraction of sp³-hybridized carbons (Fsp3) is 0.485. The lowest BCUT2D eigenvalue weighted by Gasteiger charge is -2.36. The predicted molar refractivity (Wildman–Crippen MR) is 344 cm³/mol. The molecule has 91 heavy (non-hydrogen) atoms. The molecule has 4 aliphatic heterocycles. The fourth-order valence-corrected chi connectivity index (χ4v) is 12.0. The van der Waals surface area contributed by atoms with Gasteiger partial charge < -0.3 is 60.6 Å². The Hall–Kier alpha value is -8.83. The summed E-state index contributed by atoms with van der Waals surface area (Å²) in [6.45, 7) is 7.72. The van der Waals surface area contributed by atoms with Crippen LogP contribution in [0.5, 0.6) is 11.5 Å². The zero-order chi connectivity index (χ0) is 65.0. The molecule has 5 heterocycles. The van der Waals surface area contributed by atoms with Crippen LogP contribution in [0.4, 0.5) is 16.2 Å². The van der Waals surface area contributed by atoms with Gasteiger partial charge in [0.25, 0.3) is 5.91 Å². The Morgan fingerprint density at radius 2 is 1.56 bits per heavy atom. The van der Waals surface area contributed by atoms with E-state index in [9.17, 15) is 38.4 Å². The molecule has 4 unspecified atom stereocenters. The third kappa shape index (κ3) is 18.6. The molecule has 23 nitrogen and oxygen atoms in total. The summed E-state index contributed by atoms with van der Waals surface area (Å²) in [6, 6.07) is 19.5. The van der Waals surface area contributed by atoms with E-state index < -0.39 is 29.9 Å². The Kier molecular flexibility index (Phi) is 24.9. The molecule has 8 amide bonds. The Bertz CT molecular complexity index is 3330. The minimum atomic E-state index is -1.03. The van der Waals surface area contributed by atoms with Crippen LogP contribution in [0.15, 0.2) is 94.9 Å². The van der Waals surface area contributed by atoms with E-state index in [0.717, 1.165) is 36.5 Å². The molecule has 0 saturated carbocycles. The van der Waals surface area contributed by atoms with Crippen LogP contribution in [0, 0.1) is 11.8 Å². The van der Waals surface area contributed by atoms with Crippen LogP contribution in [0.1, 0.15) is 129 Å². The summed E-state index contributed by atoms with van der Waals surface area (Å²) in [6.07, 6.45) is 12.7. The number of nitrogens with two attached hydrogens (primary N) is 1. The molecule has 486 valence electrons. The van der Waals surface area contributed by atoms with Crippen LogP contribution in [0.2, 0.25) is 0 Å². The number of nitrogens with one attached hydrogen (secondary N) is 4. The maximum atomic E-state index is 14.5. The van der Waals surface area contributed by atoms with Gasteiger partial charge in [0.05, 0.1) is 73.1 Å². The highest BCUT2D eigenvalue weighted by Gasteiger charge is 2.40. The number of unbranched alkanes of at least 4 members (excludes halogenated alkanes) is 3. The fourth-order valence-electron chi connectivity index (χ4n) is 12.0. The number of urea groups is 1. The second-order valence-corrected chi connectivity index (χ2v) is 24.0. The van der Waals surface area contributed by atoms with Gasteiger partial charge in [0.1, 0.15) is 25.0 Å². The van der Waals surface area contributed by atoms with Gasteiger partial charge in [-0.05, 0) is 122 Å². The molecular weight excluding hydrogens is 1160 g/mol. The molecule has 4 aliphatic rings. The van der Waals surface area contributed by atoms with Crippen molar-refractivity contribution in [2.75, 3.05) is 46.3 Å². The molecular formula is C68H87N11O12. The summed E-state index contributed by atoms with van der Waals surface area (Å²) in [5.41, 5.74) is 11.9. The summed E-state index contributed by atoms with van der Waals surface area (Å²) < 4.78 is 24.3. The highest BCUT2D eigenvalue weighted by atomic mass is 16.5. The second-order valence-electron chi connectivity index (χ2n) is 24.0. The number of ether oxygens (including phenoxy) is 4. The number of likely N-dealkylation sites (N-methyl/N-ethyl adjacent to an activating group) is 1. The summed E-state index contributed by atoms with van der Waals surface area (Å²) in [7, 11) is 4.78. The molecule has 1 aromatic heterocycles. The number of aldehydes is 1. The summed E-state index contributed by atoms with van der Waals surface area (Å²) in [5, 5.41) is 11.2. The van der Waals surface area contributed by atoms with Gasteiger partial charge >= 0.3 is 6.03 Å². The number of benzene rings is 3. The van der Waals surface area contributed by atoms with Crippen molar-refractivity contribution in [2.24, 2.45) is 27.6 Å². The number of nitrogens with zero attached hydrogens (tertiary/aromatic N) is 6. The SMILES string of the molecule is CCCC1N=C[C@@H]2Cc3ccccc3CN2C(=O)C1CC(COCc1cccc(COc2cc3c(cc2OC)C(=O)N2Cc4cc(NC(=O)[C@H](CCCCNC(N)=O)NC(=O)[C@@H](NC(=O)CCCCCN(C)C(=O)/C=C\C=O)C(C)C)ccc4CC2C=N3)n1)OC. The number of fused-ring (bicyclic) bond motifs is 5. The van der Waals surface area contributed by atoms with E-state index >= 15 is 0 Å². The molecule has 3 aromatic carbocycles. The van der Waals surface area contributed by atoms with Crippen molar-refractivity contribution in [3.05, 3.63) is 124 Å². The Labute approximate surface area is 532 Å². The zero-order valence-corrected chi connectivity index (χ0v) is 53.0. The summed E-state index contributed by atoms with van der Waals surface area (Å²) >= 11 is 0. The normalized spacial score (nSPS) is 18.3. The second kappa shape index (κ2) is 33.3. The molecule has 0 spiro atoms. The van der Waals surface area contributed by atoms with E-state index in [1.807, 2.05) is 53.6 Å². The smallest absolute Gasteiger partial charge is 0.312 e. The topological polar surface area (TPSA) is 295 Å². The van der Waals surface area contributed by atoms with E-state index in [4.69, 9.17) is 39.6 Å². The van der Waals surface area contributed by atoms with Crippen molar-refractivity contribution in [1.29, 1.82) is 0 Å². The van der Waals surface area contributed by atoms with E-state index in [0.29, 0.717) is 104 Å². The maximum Gasteiger partial charge on any atom is 0.312 e. The molecule has 6 N–H and O–H groups in total. The Morgan fingerprint density at radius 3 is 2.30 bits per heavy atom. The van der Waals surface area contributed by atoms with Crippen LogP contribution >= 0.6 is 0 Å². The van der Waals surface area contributed by atoms with Crippen LogP contribution in [0.25, 0.3) is 0 Å².